The van der Waals surface area contributed by atoms with Gasteiger partial charge in [0.05, 0.1) is 17.6 Å². The van der Waals surface area contributed by atoms with Gasteiger partial charge in [-0.05, 0) is 30.9 Å². The predicted octanol–water partition coefficient (Wildman–Crippen LogP) is 2.17. The number of rotatable bonds is 3. The SMILES string of the molecule is CCC1CCN(c2ccc(CN)nc2)CC1. The van der Waals surface area contributed by atoms with Crippen molar-refractivity contribution in [3.05, 3.63) is 24.0 Å². The molecule has 2 heterocycles. The maximum absolute atomic E-state index is 5.54. The van der Waals surface area contributed by atoms with Gasteiger partial charge in [0, 0.05) is 19.6 Å². The van der Waals surface area contributed by atoms with Gasteiger partial charge in [0.25, 0.3) is 0 Å². The Hall–Kier alpha value is -1.09. The molecule has 0 atom stereocenters. The Balaban J connectivity index is 1.97. The van der Waals surface area contributed by atoms with Crippen molar-refractivity contribution >= 4 is 5.69 Å². The number of pyridine rings is 1. The van der Waals surface area contributed by atoms with Gasteiger partial charge in [-0.2, -0.15) is 0 Å². The van der Waals surface area contributed by atoms with E-state index < -0.39 is 0 Å². The highest BCUT2D eigenvalue weighted by atomic mass is 15.1. The normalized spacial score (nSPS) is 17.8. The predicted molar refractivity (Wildman–Crippen MR) is 67.4 cm³/mol. The first kappa shape index (κ1) is 11.4. The number of piperidine rings is 1. The van der Waals surface area contributed by atoms with Crippen molar-refractivity contribution in [2.24, 2.45) is 11.7 Å². The van der Waals surface area contributed by atoms with Gasteiger partial charge in [-0.15, -0.1) is 0 Å². The highest BCUT2D eigenvalue weighted by Crippen LogP contribution is 2.24. The van der Waals surface area contributed by atoms with Gasteiger partial charge in [0.1, 0.15) is 0 Å². The van der Waals surface area contributed by atoms with Crippen molar-refractivity contribution in [1.82, 2.24) is 4.98 Å². The molecule has 1 aliphatic heterocycles. The molecule has 16 heavy (non-hydrogen) atoms. The van der Waals surface area contributed by atoms with Crippen molar-refractivity contribution in [1.29, 1.82) is 0 Å². The third-order valence-corrected chi connectivity index (χ3v) is 3.58. The Morgan fingerprint density at radius 2 is 2.12 bits per heavy atom. The smallest absolute Gasteiger partial charge is 0.0552 e. The van der Waals surface area contributed by atoms with Crippen LogP contribution in [0.4, 0.5) is 5.69 Å². The molecule has 3 nitrogen and oxygen atoms in total. The third-order valence-electron chi connectivity index (χ3n) is 3.58. The fourth-order valence-corrected chi connectivity index (χ4v) is 2.32. The van der Waals surface area contributed by atoms with Gasteiger partial charge in [0.15, 0.2) is 0 Å². The van der Waals surface area contributed by atoms with Crippen molar-refractivity contribution in [2.75, 3.05) is 18.0 Å². The van der Waals surface area contributed by atoms with E-state index in [4.69, 9.17) is 5.73 Å². The van der Waals surface area contributed by atoms with Crippen LogP contribution < -0.4 is 10.6 Å². The molecule has 2 rings (SSSR count). The largest absolute Gasteiger partial charge is 0.370 e. The summed E-state index contributed by atoms with van der Waals surface area (Å²) in [6.07, 6.45) is 5.90. The van der Waals surface area contributed by atoms with Crippen LogP contribution in [0.25, 0.3) is 0 Å². The van der Waals surface area contributed by atoms with E-state index in [9.17, 15) is 0 Å². The van der Waals surface area contributed by atoms with Gasteiger partial charge in [-0.1, -0.05) is 13.3 Å². The lowest BCUT2D eigenvalue weighted by Gasteiger charge is -2.33. The zero-order chi connectivity index (χ0) is 11.4. The monoisotopic (exact) mass is 219 g/mol. The molecule has 0 unspecified atom stereocenters. The van der Waals surface area contributed by atoms with Crippen molar-refractivity contribution < 1.29 is 0 Å². The van der Waals surface area contributed by atoms with Gasteiger partial charge < -0.3 is 10.6 Å². The van der Waals surface area contributed by atoms with Crippen LogP contribution in [0.1, 0.15) is 31.9 Å². The van der Waals surface area contributed by atoms with Crippen molar-refractivity contribution in [3.8, 4) is 0 Å². The first-order valence-corrected chi connectivity index (χ1v) is 6.23. The van der Waals surface area contributed by atoms with E-state index >= 15 is 0 Å². The van der Waals surface area contributed by atoms with Crippen molar-refractivity contribution in [3.63, 3.8) is 0 Å². The highest BCUT2D eigenvalue weighted by molar-refractivity contribution is 5.44. The standard InChI is InChI=1S/C13H21N3/c1-2-11-5-7-16(8-6-11)13-4-3-12(9-14)15-10-13/h3-4,10-11H,2,5-9,14H2,1H3. The summed E-state index contributed by atoms with van der Waals surface area (Å²) in [6.45, 7) is 5.15. The fraction of sp³-hybridized carbons (Fsp3) is 0.615. The molecule has 2 N–H and O–H groups in total. The Labute approximate surface area is 97.7 Å². The molecule has 1 aromatic heterocycles. The molecule has 0 aliphatic carbocycles. The molecular formula is C13H21N3. The van der Waals surface area contributed by atoms with Crippen LogP contribution in [0.5, 0.6) is 0 Å². The minimum atomic E-state index is 0.526. The molecule has 88 valence electrons. The van der Waals surface area contributed by atoms with E-state index in [-0.39, 0.29) is 0 Å². The average Bonchev–Trinajstić information content (AvgIpc) is 2.39. The van der Waals surface area contributed by atoms with E-state index in [0.717, 1.165) is 11.6 Å². The topological polar surface area (TPSA) is 42.1 Å². The third kappa shape index (κ3) is 2.53. The lowest BCUT2D eigenvalue weighted by atomic mass is 9.94. The fourth-order valence-electron chi connectivity index (χ4n) is 2.32. The first-order valence-electron chi connectivity index (χ1n) is 6.23. The summed E-state index contributed by atoms with van der Waals surface area (Å²) in [5.74, 6) is 0.924. The molecular weight excluding hydrogens is 198 g/mol. The number of hydrogen-bond donors (Lipinski definition) is 1. The molecule has 3 heteroatoms. The Kier molecular flexibility index (Phi) is 3.78. The highest BCUT2D eigenvalue weighted by Gasteiger charge is 2.17. The zero-order valence-corrected chi connectivity index (χ0v) is 10.0. The summed E-state index contributed by atoms with van der Waals surface area (Å²) in [6, 6.07) is 4.17. The molecule has 0 aromatic carbocycles. The first-order chi connectivity index (χ1) is 7.83. The van der Waals surface area contributed by atoms with Crippen LogP contribution in [-0.4, -0.2) is 18.1 Å². The van der Waals surface area contributed by atoms with Gasteiger partial charge in [-0.3, -0.25) is 4.98 Å². The molecule has 1 saturated heterocycles. The summed E-state index contributed by atoms with van der Waals surface area (Å²) in [4.78, 5) is 6.77. The van der Waals surface area contributed by atoms with Crippen LogP contribution in [0, 0.1) is 5.92 Å². The second-order valence-corrected chi connectivity index (χ2v) is 4.55. The van der Waals surface area contributed by atoms with Gasteiger partial charge in [0.2, 0.25) is 0 Å². The molecule has 1 aromatic rings. The van der Waals surface area contributed by atoms with E-state index in [1.54, 1.807) is 0 Å². The Morgan fingerprint density at radius 1 is 1.38 bits per heavy atom. The van der Waals surface area contributed by atoms with Crippen LogP contribution in [0.2, 0.25) is 0 Å². The Morgan fingerprint density at radius 3 is 2.62 bits per heavy atom. The maximum Gasteiger partial charge on any atom is 0.0552 e. The second-order valence-electron chi connectivity index (χ2n) is 4.55. The molecule has 1 aliphatic rings. The number of nitrogens with zero attached hydrogens (tertiary/aromatic N) is 2. The quantitative estimate of drug-likeness (QED) is 0.847. The lowest BCUT2D eigenvalue weighted by Crippen LogP contribution is -2.33. The van der Waals surface area contributed by atoms with E-state index in [1.165, 1.54) is 38.0 Å². The zero-order valence-electron chi connectivity index (χ0n) is 10.0. The minimum Gasteiger partial charge on any atom is -0.370 e. The second kappa shape index (κ2) is 5.30. The van der Waals surface area contributed by atoms with Crippen LogP contribution in [0.3, 0.4) is 0 Å². The summed E-state index contributed by atoms with van der Waals surface area (Å²) >= 11 is 0. The van der Waals surface area contributed by atoms with Gasteiger partial charge >= 0.3 is 0 Å². The molecule has 0 saturated carbocycles. The van der Waals surface area contributed by atoms with E-state index in [0.29, 0.717) is 6.54 Å². The number of nitrogens with two attached hydrogens (primary N) is 1. The number of hydrogen-bond acceptors (Lipinski definition) is 3. The van der Waals surface area contributed by atoms with Crippen molar-refractivity contribution in [2.45, 2.75) is 32.7 Å². The summed E-state index contributed by atoms with van der Waals surface area (Å²) in [7, 11) is 0. The summed E-state index contributed by atoms with van der Waals surface area (Å²) < 4.78 is 0. The minimum absolute atomic E-state index is 0.526. The molecule has 0 spiro atoms. The van der Waals surface area contributed by atoms with E-state index in [1.807, 2.05) is 12.3 Å². The maximum atomic E-state index is 5.54. The van der Waals surface area contributed by atoms with Crippen LogP contribution >= 0.6 is 0 Å². The molecule has 0 radical (unpaired) electrons. The van der Waals surface area contributed by atoms with E-state index in [2.05, 4.69) is 22.9 Å². The van der Waals surface area contributed by atoms with Crippen LogP contribution in [-0.2, 0) is 6.54 Å². The Bertz CT molecular complexity index is 312. The average molecular weight is 219 g/mol. The van der Waals surface area contributed by atoms with Crippen LogP contribution in [0.15, 0.2) is 18.3 Å². The molecule has 1 fully saturated rings. The lowest BCUT2D eigenvalue weighted by molar-refractivity contribution is 0.395. The summed E-state index contributed by atoms with van der Waals surface area (Å²) in [5, 5.41) is 0. The number of anilines is 1. The molecule has 0 bridgehead atoms. The summed E-state index contributed by atoms with van der Waals surface area (Å²) in [5.41, 5.74) is 7.75. The number of aromatic nitrogens is 1. The molecule has 0 amide bonds. The van der Waals surface area contributed by atoms with Gasteiger partial charge in [-0.25, -0.2) is 0 Å².